The van der Waals surface area contributed by atoms with Crippen molar-refractivity contribution in [1.82, 2.24) is 19.9 Å². The van der Waals surface area contributed by atoms with Crippen LogP contribution in [0.25, 0.3) is 0 Å². The minimum absolute atomic E-state index is 0.0688. The van der Waals surface area contributed by atoms with E-state index in [1.165, 1.54) is 7.11 Å². The van der Waals surface area contributed by atoms with E-state index in [-0.39, 0.29) is 11.3 Å². The molecule has 0 atom stereocenters. The van der Waals surface area contributed by atoms with Gasteiger partial charge in [0.05, 0.1) is 12.8 Å². The van der Waals surface area contributed by atoms with Gasteiger partial charge in [0, 0.05) is 11.8 Å². The topological polar surface area (TPSA) is 73.9 Å². The molecule has 6 nitrogen and oxygen atoms in total. The molecule has 2 rings (SSSR count). The largest absolute Gasteiger partial charge is 0.467 e. The van der Waals surface area contributed by atoms with Crippen molar-refractivity contribution >= 4 is 23.4 Å². The summed E-state index contributed by atoms with van der Waals surface area (Å²) in [6.07, 6.45) is 0. The SMILES string of the molecule is COc1nc(Cl)nc(Sc2nc(C)c(C)o2)n1. The van der Waals surface area contributed by atoms with Crippen molar-refractivity contribution in [2.24, 2.45) is 0 Å². The predicted molar refractivity (Wildman–Crippen MR) is 61.5 cm³/mol. The van der Waals surface area contributed by atoms with Gasteiger partial charge in [0.2, 0.25) is 10.4 Å². The van der Waals surface area contributed by atoms with Crippen LogP contribution in [-0.4, -0.2) is 27.0 Å². The molecule has 2 aromatic rings. The third-order valence-corrected chi connectivity index (χ3v) is 2.82. The van der Waals surface area contributed by atoms with Crippen LogP contribution in [0.4, 0.5) is 0 Å². The van der Waals surface area contributed by atoms with Gasteiger partial charge in [0.15, 0.2) is 0 Å². The molecule has 0 aromatic carbocycles. The van der Waals surface area contributed by atoms with Gasteiger partial charge < -0.3 is 9.15 Å². The van der Waals surface area contributed by atoms with Crippen LogP contribution in [0.2, 0.25) is 5.28 Å². The molecule has 8 heteroatoms. The maximum atomic E-state index is 5.72. The molecule has 0 amide bonds. The molecule has 0 fully saturated rings. The number of aromatic nitrogens is 4. The highest BCUT2D eigenvalue weighted by molar-refractivity contribution is 7.98. The second-order valence-electron chi connectivity index (χ2n) is 3.10. The lowest BCUT2D eigenvalue weighted by atomic mass is 10.4. The Kier molecular flexibility index (Phi) is 3.49. The summed E-state index contributed by atoms with van der Waals surface area (Å²) in [5.74, 6) is 0.764. The second-order valence-corrected chi connectivity index (χ2v) is 4.35. The average Bonchev–Trinajstić information content (AvgIpc) is 2.57. The first-order chi connectivity index (χ1) is 8.08. The summed E-state index contributed by atoms with van der Waals surface area (Å²) in [4.78, 5) is 15.9. The second kappa shape index (κ2) is 4.89. The molecule has 0 N–H and O–H groups in total. The first-order valence-corrected chi connectivity index (χ1v) is 5.85. The average molecular weight is 273 g/mol. The van der Waals surface area contributed by atoms with E-state index >= 15 is 0 Å². The van der Waals surface area contributed by atoms with E-state index in [1.54, 1.807) is 0 Å². The Balaban J connectivity index is 2.26. The number of aryl methyl sites for hydroxylation is 2. The number of methoxy groups -OCH3 is 1. The molecule has 0 saturated heterocycles. The van der Waals surface area contributed by atoms with Crippen molar-refractivity contribution in [3.8, 4) is 6.01 Å². The fourth-order valence-corrected chi connectivity index (χ4v) is 1.98. The Morgan fingerprint density at radius 1 is 1.18 bits per heavy atom. The third-order valence-electron chi connectivity index (χ3n) is 1.94. The van der Waals surface area contributed by atoms with Crippen molar-refractivity contribution in [1.29, 1.82) is 0 Å². The van der Waals surface area contributed by atoms with Crippen LogP contribution >= 0.6 is 23.4 Å². The fraction of sp³-hybridized carbons (Fsp3) is 0.333. The number of ether oxygens (including phenoxy) is 1. The standard InChI is InChI=1S/C9H9ClN4O2S/c1-4-5(2)16-9(11-4)17-8-13-6(10)12-7(14-8)15-3/h1-3H3. The monoisotopic (exact) mass is 272 g/mol. The molecular formula is C9H9ClN4O2S. The maximum absolute atomic E-state index is 5.72. The Labute approximate surface area is 107 Å². The van der Waals surface area contributed by atoms with Gasteiger partial charge in [-0.15, -0.1) is 0 Å². The number of hydrogen-bond donors (Lipinski definition) is 0. The zero-order valence-corrected chi connectivity index (χ0v) is 11.0. The Bertz CT molecular complexity index is 526. The highest BCUT2D eigenvalue weighted by Crippen LogP contribution is 2.27. The zero-order chi connectivity index (χ0) is 12.4. The minimum Gasteiger partial charge on any atom is -0.467 e. The van der Waals surface area contributed by atoms with Crippen molar-refractivity contribution in [2.75, 3.05) is 7.11 Å². The van der Waals surface area contributed by atoms with Gasteiger partial charge in [-0.1, -0.05) is 0 Å². The van der Waals surface area contributed by atoms with E-state index < -0.39 is 0 Å². The molecule has 0 radical (unpaired) electrons. The summed E-state index contributed by atoms with van der Waals surface area (Å²) < 4.78 is 10.3. The van der Waals surface area contributed by atoms with Crippen molar-refractivity contribution in [3.05, 3.63) is 16.7 Å². The maximum Gasteiger partial charge on any atom is 0.321 e. The summed E-state index contributed by atoms with van der Waals surface area (Å²) in [7, 11) is 1.46. The van der Waals surface area contributed by atoms with Crippen LogP contribution in [0.1, 0.15) is 11.5 Å². The van der Waals surface area contributed by atoms with Gasteiger partial charge in [-0.25, -0.2) is 4.98 Å². The van der Waals surface area contributed by atoms with Crippen LogP contribution < -0.4 is 4.74 Å². The third kappa shape index (κ3) is 2.86. The lowest BCUT2D eigenvalue weighted by Gasteiger charge is -1.99. The first-order valence-electron chi connectivity index (χ1n) is 4.66. The predicted octanol–water partition coefficient (Wildman–Crippen LogP) is 2.29. The van der Waals surface area contributed by atoms with Crippen LogP contribution in [0, 0.1) is 13.8 Å². The van der Waals surface area contributed by atoms with E-state index in [0.29, 0.717) is 10.4 Å². The lowest BCUT2D eigenvalue weighted by molar-refractivity contribution is 0.372. The van der Waals surface area contributed by atoms with Gasteiger partial charge in [-0.3, -0.25) is 0 Å². The van der Waals surface area contributed by atoms with Crippen molar-refractivity contribution in [2.45, 2.75) is 24.2 Å². The van der Waals surface area contributed by atoms with Crippen LogP contribution in [0.3, 0.4) is 0 Å². The number of oxazole rings is 1. The summed E-state index contributed by atoms with van der Waals surface area (Å²) in [5, 5.41) is 0.909. The summed E-state index contributed by atoms with van der Waals surface area (Å²) >= 11 is 6.89. The fourth-order valence-electron chi connectivity index (χ4n) is 1.02. The molecular weight excluding hydrogens is 264 g/mol. The normalized spacial score (nSPS) is 10.6. The van der Waals surface area contributed by atoms with E-state index in [1.807, 2.05) is 13.8 Å². The van der Waals surface area contributed by atoms with Crippen molar-refractivity contribution in [3.63, 3.8) is 0 Å². The summed E-state index contributed by atoms with van der Waals surface area (Å²) in [6, 6.07) is 0.160. The first kappa shape index (κ1) is 12.1. The number of rotatable bonds is 3. The number of hydrogen-bond acceptors (Lipinski definition) is 7. The number of halogens is 1. The van der Waals surface area contributed by atoms with Gasteiger partial charge in [0.1, 0.15) is 5.76 Å². The molecule has 0 bridgehead atoms. The highest BCUT2D eigenvalue weighted by atomic mass is 35.5. The highest BCUT2D eigenvalue weighted by Gasteiger charge is 2.12. The molecule has 90 valence electrons. The molecule has 17 heavy (non-hydrogen) atoms. The van der Waals surface area contributed by atoms with E-state index in [9.17, 15) is 0 Å². The molecule has 2 heterocycles. The molecule has 0 unspecified atom stereocenters. The van der Waals surface area contributed by atoms with Gasteiger partial charge in [0.25, 0.3) is 5.22 Å². The minimum atomic E-state index is 0.0688. The summed E-state index contributed by atoms with van der Waals surface area (Å²) in [5.41, 5.74) is 0.833. The molecule has 0 saturated carbocycles. The van der Waals surface area contributed by atoms with Crippen LogP contribution in [0.5, 0.6) is 6.01 Å². The molecule has 0 aliphatic carbocycles. The quantitative estimate of drug-likeness (QED) is 0.848. The molecule has 0 aliphatic heterocycles. The smallest absolute Gasteiger partial charge is 0.321 e. The van der Waals surface area contributed by atoms with Crippen LogP contribution in [-0.2, 0) is 0 Å². The van der Waals surface area contributed by atoms with E-state index in [2.05, 4.69) is 19.9 Å². The Morgan fingerprint density at radius 3 is 2.53 bits per heavy atom. The Morgan fingerprint density at radius 2 is 1.94 bits per heavy atom. The lowest BCUT2D eigenvalue weighted by Crippen LogP contribution is -1.96. The Hall–Kier alpha value is -1.34. The van der Waals surface area contributed by atoms with Gasteiger partial charge in [-0.2, -0.15) is 15.0 Å². The van der Waals surface area contributed by atoms with Crippen LogP contribution in [0.15, 0.2) is 14.8 Å². The zero-order valence-electron chi connectivity index (χ0n) is 9.39. The molecule has 0 spiro atoms. The molecule has 2 aromatic heterocycles. The molecule has 0 aliphatic rings. The van der Waals surface area contributed by atoms with E-state index in [4.69, 9.17) is 20.8 Å². The van der Waals surface area contributed by atoms with Gasteiger partial charge >= 0.3 is 6.01 Å². The van der Waals surface area contributed by atoms with Gasteiger partial charge in [-0.05, 0) is 25.4 Å². The van der Waals surface area contributed by atoms with Crippen molar-refractivity contribution < 1.29 is 9.15 Å². The van der Waals surface area contributed by atoms with E-state index in [0.717, 1.165) is 23.2 Å². The summed E-state index contributed by atoms with van der Waals surface area (Å²) in [6.45, 7) is 3.71. The number of nitrogens with zero attached hydrogens (tertiary/aromatic N) is 4.